The van der Waals surface area contributed by atoms with E-state index in [9.17, 15) is 0 Å². The van der Waals surface area contributed by atoms with Crippen LogP contribution in [-0.4, -0.2) is 12.7 Å². The Bertz CT molecular complexity index is 296. The Hall–Kier alpha value is -0.380. The summed E-state index contributed by atoms with van der Waals surface area (Å²) in [6, 6.07) is 4.14. The highest BCUT2D eigenvalue weighted by Crippen LogP contribution is 2.38. The Kier molecular flexibility index (Phi) is 2.32. The first-order valence-corrected chi connectivity index (χ1v) is 6.12. The number of ether oxygens (including phenoxy) is 2. The van der Waals surface area contributed by atoms with Gasteiger partial charge < -0.3 is 9.47 Å². The monoisotopic (exact) mass is 210 g/mol. The average Bonchev–Trinajstić information content (AvgIpc) is 2.88. The molecule has 1 saturated heterocycles. The van der Waals surface area contributed by atoms with Gasteiger partial charge in [0.1, 0.15) is 0 Å². The first kappa shape index (κ1) is 8.89. The molecule has 2 nitrogen and oxygen atoms in total. The van der Waals surface area contributed by atoms with Gasteiger partial charge in [-0.15, -0.1) is 11.3 Å². The average molecular weight is 210 g/mol. The quantitative estimate of drug-likeness (QED) is 0.709. The van der Waals surface area contributed by atoms with Crippen molar-refractivity contribution in [3.05, 3.63) is 22.4 Å². The number of hydrogen-bond acceptors (Lipinski definition) is 3. The maximum atomic E-state index is 5.94. The van der Waals surface area contributed by atoms with E-state index in [-0.39, 0.29) is 6.29 Å². The first-order chi connectivity index (χ1) is 6.93. The van der Waals surface area contributed by atoms with Crippen molar-refractivity contribution in [2.75, 3.05) is 6.61 Å². The summed E-state index contributed by atoms with van der Waals surface area (Å²) in [5.74, 6) is 0.659. The highest BCUT2D eigenvalue weighted by atomic mass is 32.1. The summed E-state index contributed by atoms with van der Waals surface area (Å²) in [7, 11) is 0. The summed E-state index contributed by atoms with van der Waals surface area (Å²) in [5.41, 5.74) is 0. The number of thiophene rings is 1. The molecule has 2 heterocycles. The van der Waals surface area contributed by atoms with Crippen LogP contribution >= 0.6 is 11.3 Å². The third-order valence-electron chi connectivity index (χ3n) is 3.12. The van der Waals surface area contributed by atoms with Crippen LogP contribution in [0.15, 0.2) is 17.5 Å². The molecule has 0 amide bonds. The van der Waals surface area contributed by atoms with Crippen LogP contribution in [0.1, 0.15) is 30.4 Å². The molecule has 3 atom stereocenters. The number of fused-ring (bicyclic) bond motifs is 1. The molecule has 2 aliphatic rings. The van der Waals surface area contributed by atoms with Crippen LogP contribution in [0, 0.1) is 5.92 Å². The molecular formula is C11H14O2S. The minimum absolute atomic E-state index is 0.0886. The van der Waals surface area contributed by atoms with Crippen molar-refractivity contribution in [3.63, 3.8) is 0 Å². The van der Waals surface area contributed by atoms with Crippen molar-refractivity contribution >= 4 is 11.3 Å². The van der Waals surface area contributed by atoms with E-state index in [1.54, 1.807) is 11.3 Å². The smallest absolute Gasteiger partial charge is 0.193 e. The third-order valence-corrected chi connectivity index (χ3v) is 4.02. The van der Waals surface area contributed by atoms with E-state index in [1.165, 1.54) is 24.1 Å². The largest absolute Gasteiger partial charge is 0.347 e. The van der Waals surface area contributed by atoms with Gasteiger partial charge in [-0.25, -0.2) is 0 Å². The molecule has 0 bridgehead atoms. The zero-order chi connectivity index (χ0) is 9.38. The summed E-state index contributed by atoms with van der Waals surface area (Å²) in [6.45, 7) is 0.882. The van der Waals surface area contributed by atoms with Crippen LogP contribution in [0.2, 0.25) is 0 Å². The van der Waals surface area contributed by atoms with Crippen molar-refractivity contribution in [3.8, 4) is 0 Å². The highest BCUT2D eigenvalue weighted by molar-refractivity contribution is 7.10. The molecule has 76 valence electrons. The van der Waals surface area contributed by atoms with E-state index in [4.69, 9.17) is 9.47 Å². The summed E-state index contributed by atoms with van der Waals surface area (Å²) in [4.78, 5) is 1.20. The second-order valence-electron chi connectivity index (χ2n) is 4.05. The second kappa shape index (κ2) is 3.65. The lowest BCUT2D eigenvalue weighted by atomic mass is 10.1. The van der Waals surface area contributed by atoms with Gasteiger partial charge in [0, 0.05) is 5.92 Å². The molecule has 1 aromatic rings. The van der Waals surface area contributed by atoms with Crippen molar-refractivity contribution in [1.29, 1.82) is 0 Å². The van der Waals surface area contributed by atoms with Gasteiger partial charge in [-0.1, -0.05) is 12.5 Å². The van der Waals surface area contributed by atoms with E-state index in [0.717, 1.165) is 6.61 Å². The van der Waals surface area contributed by atoms with E-state index >= 15 is 0 Å². The van der Waals surface area contributed by atoms with Gasteiger partial charge in [0.2, 0.25) is 0 Å². The number of hydrogen-bond donors (Lipinski definition) is 0. The molecule has 1 aromatic heterocycles. The molecule has 1 saturated carbocycles. The molecule has 1 aliphatic carbocycles. The van der Waals surface area contributed by atoms with Gasteiger partial charge in [-0.3, -0.25) is 0 Å². The van der Waals surface area contributed by atoms with Crippen LogP contribution in [0.3, 0.4) is 0 Å². The summed E-state index contributed by atoms with van der Waals surface area (Å²) in [6.07, 6.45) is 4.17. The molecule has 0 radical (unpaired) electrons. The minimum Gasteiger partial charge on any atom is -0.347 e. The van der Waals surface area contributed by atoms with Gasteiger partial charge in [-0.05, 0) is 24.3 Å². The summed E-state index contributed by atoms with van der Waals surface area (Å²) in [5, 5.41) is 2.07. The Morgan fingerprint density at radius 2 is 2.36 bits per heavy atom. The molecule has 3 heteroatoms. The lowest BCUT2D eigenvalue weighted by Crippen LogP contribution is -2.31. The van der Waals surface area contributed by atoms with Crippen LogP contribution in [0.4, 0.5) is 0 Å². The Balaban J connectivity index is 1.73. The van der Waals surface area contributed by atoms with Crippen molar-refractivity contribution in [2.24, 2.45) is 5.92 Å². The van der Waals surface area contributed by atoms with Crippen LogP contribution in [0.5, 0.6) is 0 Å². The maximum absolute atomic E-state index is 5.94. The van der Waals surface area contributed by atoms with Gasteiger partial charge in [0.25, 0.3) is 0 Å². The highest BCUT2D eigenvalue weighted by Gasteiger charge is 2.36. The fraction of sp³-hybridized carbons (Fsp3) is 0.636. The molecule has 14 heavy (non-hydrogen) atoms. The third kappa shape index (κ3) is 1.49. The van der Waals surface area contributed by atoms with Gasteiger partial charge in [0.05, 0.1) is 17.6 Å². The predicted octanol–water partition coefficient (Wildman–Crippen LogP) is 2.96. The standard InChI is InChI=1S/C11H14O2S/c1-3-8-7-12-11(13-9(8)4-1)10-5-2-6-14-10/h2,5-6,8-9,11H,1,3-4,7H2. The van der Waals surface area contributed by atoms with Crippen LogP contribution in [0.25, 0.3) is 0 Å². The second-order valence-corrected chi connectivity index (χ2v) is 5.03. The lowest BCUT2D eigenvalue weighted by molar-refractivity contribution is -0.232. The Labute approximate surface area is 87.8 Å². The lowest BCUT2D eigenvalue weighted by Gasteiger charge is -2.32. The molecule has 3 rings (SSSR count). The summed E-state index contributed by atoms with van der Waals surface area (Å²) < 4.78 is 11.7. The number of rotatable bonds is 1. The summed E-state index contributed by atoms with van der Waals surface area (Å²) >= 11 is 1.71. The molecule has 0 aromatic carbocycles. The maximum Gasteiger partial charge on any atom is 0.193 e. The van der Waals surface area contributed by atoms with E-state index in [1.807, 2.05) is 6.07 Å². The van der Waals surface area contributed by atoms with E-state index in [2.05, 4.69) is 11.4 Å². The van der Waals surface area contributed by atoms with Crippen LogP contribution < -0.4 is 0 Å². The molecule has 0 N–H and O–H groups in total. The molecule has 1 aliphatic heterocycles. The first-order valence-electron chi connectivity index (χ1n) is 5.24. The van der Waals surface area contributed by atoms with Gasteiger partial charge in [-0.2, -0.15) is 0 Å². The molecule has 2 fully saturated rings. The van der Waals surface area contributed by atoms with Gasteiger partial charge in [0.15, 0.2) is 6.29 Å². The topological polar surface area (TPSA) is 18.5 Å². The molecular weight excluding hydrogens is 196 g/mol. The van der Waals surface area contributed by atoms with Crippen LogP contribution in [-0.2, 0) is 9.47 Å². The van der Waals surface area contributed by atoms with Gasteiger partial charge >= 0.3 is 0 Å². The predicted molar refractivity (Wildman–Crippen MR) is 55.2 cm³/mol. The zero-order valence-corrected chi connectivity index (χ0v) is 8.83. The fourth-order valence-corrected chi connectivity index (χ4v) is 3.06. The molecule has 0 spiro atoms. The van der Waals surface area contributed by atoms with Crippen molar-refractivity contribution in [2.45, 2.75) is 31.7 Å². The SMILES string of the molecule is c1csc(C2OCC3CCCC3O2)c1. The minimum atomic E-state index is -0.0886. The van der Waals surface area contributed by atoms with E-state index in [0.29, 0.717) is 12.0 Å². The van der Waals surface area contributed by atoms with Crippen molar-refractivity contribution < 1.29 is 9.47 Å². The Morgan fingerprint density at radius 1 is 1.36 bits per heavy atom. The normalized spacial score (nSPS) is 37.0. The van der Waals surface area contributed by atoms with Crippen molar-refractivity contribution in [1.82, 2.24) is 0 Å². The molecule has 3 unspecified atom stereocenters. The Morgan fingerprint density at radius 3 is 3.21 bits per heavy atom. The van der Waals surface area contributed by atoms with E-state index < -0.39 is 0 Å². The zero-order valence-electron chi connectivity index (χ0n) is 8.02. The fourth-order valence-electron chi connectivity index (χ4n) is 2.36.